The molecule has 0 heterocycles. The molecule has 3 nitrogen and oxygen atoms in total. The largest absolute Gasteiger partial charge is 0.467 e. The van der Waals surface area contributed by atoms with Gasteiger partial charge in [0.05, 0.1) is 0 Å². The second-order valence-electron chi connectivity index (χ2n) is 7.33. The summed E-state index contributed by atoms with van der Waals surface area (Å²) < 4.78 is 11.2. The van der Waals surface area contributed by atoms with Crippen LogP contribution in [0.1, 0.15) is 43.4 Å². The Kier molecular flexibility index (Phi) is 7.70. The van der Waals surface area contributed by atoms with E-state index < -0.39 is 0 Å². The van der Waals surface area contributed by atoms with Gasteiger partial charge in [-0.2, -0.15) is 0 Å². The van der Waals surface area contributed by atoms with Crippen LogP contribution in [0, 0.1) is 13.8 Å². The summed E-state index contributed by atoms with van der Waals surface area (Å²) in [6.45, 7) is 9.14. The number of anilines is 1. The first-order valence-electron chi connectivity index (χ1n) is 9.66. The Morgan fingerprint density at radius 2 is 1.74 bits per heavy atom. The number of hydrogen-bond acceptors (Lipinski definition) is 3. The van der Waals surface area contributed by atoms with Crippen LogP contribution in [-0.4, -0.2) is 28.0 Å². The molecule has 0 spiro atoms. The van der Waals surface area contributed by atoms with Crippen molar-refractivity contribution in [2.45, 2.75) is 45.7 Å². The lowest BCUT2D eigenvalue weighted by Crippen LogP contribution is -2.26. The monoisotopic (exact) mass is 387 g/mol. The molecule has 0 aromatic heterocycles. The molecule has 0 aliphatic heterocycles. The van der Waals surface area contributed by atoms with E-state index in [0.29, 0.717) is 8.58 Å². The van der Waals surface area contributed by atoms with Crippen molar-refractivity contribution in [2.24, 2.45) is 0 Å². The maximum atomic E-state index is 6.03. The van der Waals surface area contributed by atoms with Crippen molar-refractivity contribution < 1.29 is 9.47 Å². The van der Waals surface area contributed by atoms with E-state index in [4.69, 9.17) is 9.47 Å². The number of para-hydroxylation sites is 1. The highest BCUT2D eigenvalue weighted by Crippen LogP contribution is 2.51. The van der Waals surface area contributed by atoms with Crippen molar-refractivity contribution in [2.75, 3.05) is 32.9 Å². The molecule has 0 N–H and O–H groups in total. The average molecular weight is 388 g/mol. The fourth-order valence-electron chi connectivity index (χ4n) is 3.59. The maximum Gasteiger partial charge on any atom is 0.188 e. The first kappa shape index (κ1) is 21.7. The van der Waals surface area contributed by atoms with Crippen LogP contribution in [0.2, 0.25) is 0 Å². The predicted octanol–water partition coefficient (Wildman–Crippen LogP) is 5.37. The molecule has 2 rings (SSSR count). The average Bonchev–Trinajstić information content (AvgIpc) is 2.66. The zero-order chi connectivity index (χ0) is 20.0. The smallest absolute Gasteiger partial charge is 0.188 e. The van der Waals surface area contributed by atoms with Crippen molar-refractivity contribution in [3.8, 4) is 5.75 Å². The maximum absolute atomic E-state index is 6.03. The Bertz CT molecular complexity index is 754. The minimum absolute atomic E-state index is 0.0507. The van der Waals surface area contributed by atoms with Crippen molar-refractivity contribution in [3.63, 3.8) is 0 Å². The molecule has 27 heavy (non-hydrogen) atoms. The van der Waals surface area contributed by atoms with E-state index in [9.17, 15) is 0 Å². The summed E-state index contributed by atoms with van der Waals surface area (Å²) in [5.74, 6) is 0.981. The van der Waals surface area contributed by atoms with Crippen molar-refractivity contribution in [1.29, 1.82) is 0 Å². The van der Waals surface area contributed by atoms with Gasteiger partial charge in [0.15, 0.2) is 6.79 Å². The zero-order valence-corrected chi connectivity index (χ0v) is 18.8. The first-order chi connectivity index (χ1) is 12.9. The minimum atomic E-state index is 0.0507. The number of hydrogen-bond donors (Lipinski definition) is 0. The van der Waals surface area contributed by atoms with E-state index in [0.717, 1.165) is 24.2 Å². The van der Waals surface area contributed by atoms with Crippen LogP contribution < -0.4 is 14.9 Å². The van der Waals surface area contributed by atoms with E-state index in [2.05, 4.69) is 83.1 Å². The number of nitrogens with zero attached hydrogens (tertiary/aromatic N) is 1. The molecule has 0 saturated heterocycles. The summed E-state index contributed by atoms with van der Waals surface area (Å²) in [6.07, 6.45) is 2.13. The van der Waals surface area contributed by atoms with Gasteiger partial charge in [0.1, 0.15) is 5.75 Å². The molecule has 0 bridgehead atoms. The summed E-state index contributed by atoms with van der Waals surface area (Å²) in [4.78, 5) is 2.23. The van der Waals surface area contributed by atoms with Gasteiger partial charge in [-0.3, -0.25) is 0 Å². The van der Waals surface area contributed by atoms with Gasteiger partial charge in [0.25, 0.3) is 0 Å². The van der Waals surface area contributed by atoms with Gasteiger partial charge >= 0.3 is 0 Å². The topological polar surface area (TPSA) is 21.7 Å². The lowest BCUT2D eigenvalue weighted by Gasteiger charge is -2.35. The lowest BCUT2D eigenvalue weighted by atomic mass is 9.90. The minimum Gasteiger partial charge on any atom is -0.467 e. The fourth-order valence-corrected chi connectivity index (χ4v) is 5.38. The van der Waals surface area contributed by atoms with Crippen LogP contribution in [-0.2, 0) is 9.89 Å². The molecule has 1 atom stereocenters. The number of benzene rings is 2. The second-order valence-corrected chi connectivity index (χ2v) is 9.08. The van der Waals surface area contributed by atoms with Crippen molar-refractivity contribution in [1.82, 2.24) is 0 Å². The normalized spacial score (nSPS) is 12.0. The third-order valence-electron chi connectivity index (χ3n) is 5.26. The highest BCUT2D eigenvalue weighted by atomic mass is 31.1. The highest BCUT2D eigenvalue weighted by molar-refractivity contribution is 7.49. The van der Waals surface area contributed by atoms with Gasteiger partial charge in [-0.25, -0.2) is 0 Å². The van der Waals surface area contributed by atoms with E-state index in [-0.39, 0.29) is 11.9 Å². The first-order valence-corrected chi connectivity index (χ1v) is 10.7. The van der Waals surface area contributed by atoms with Crippen LogP contribution in [0.15, 0.2) is 36.4 Å². The molecule has 1 unspecified atom stereocenters. The third kappa shape index (κ3) is 4.83. The Labute approximate surface area is 166 Å². The molecule has 0 aliphatic rings. The van der Waals surface area contributed by atoms with Gasteiger partial charge in [-0.1, -0.05) is 52.8 Å². The van der Waals surface area contributed by atoms with Crippen molar-refractivity contribution in [3.05, 3.63) is 53.1 Å². The number of aryl methyl sites for hydroxylation is 2. The standard InChI is InChI=1S/C23H34NO2P/c1-8-23(9-2,19-12-10-11-18(4)22(19)26-16-25-7)27-21-14-13-17(3)15-20(21)24(5)6/h10-15,27H,8-9,16H2,1-7H3. The SMILES string of the molecule is CCC(CC)(Pc1ccc(C)cc1N(C)C)c1cccc(C)c1OCOC. The van der Waals surface area contributed by atoms with Crippen LogP contribution in [0.4, 0.5) is 5.69 Å². The van der Waals surface area contributed by atoms with Crippen LogP contribution >= 0.6 is 8.58 Å². The van der Waals surface area contributed by atoms with Crippen LogP contribution in [0.5, 0.6) is 5.75 Å². The summed E-state index contributed by atoms with van der Waals surface area (Å²) in [6, 6.07) is 13.3. The van der Waals surface area contributed by atoms with Gasteiger partial charge < -0.3 is 14.4 Å². The van der Waals surface area contributed by atoms with E-state index in [1.54, 1.807) is 7.11 Å². The fraction of sp³-hybridized carbons (Fsp3) is 0.478. The predicted molar refractivity (Wildman–Crippen MR) is 119 cm³/mol. The van der Waals surface area contributed by atoms with Gasteiger partial charge in [0.2, 0.25) is 0 Å². The van der Waals surface area contributed by atoms with Crippen LogP contribution in [0.3, 0.4) is 0 Å². The number of rotatable bonds is 9. The van der Waals surface area contributed by atoms with Crippen molar-refractivity contribution >= 4 is 19.6 Å². The summed E-state index contributed by atoms with van der Waals surface area (Å²) in [5, 5.41) is 1.46. The molecule has 0 aliphatic carbocycles. The number of methoxy groups -OCH3 is 1. The van der Waals surface area contributed by atoms with Gasteiger partial charge in [0, 0.05) is 37.6 Å². The summed E-state index contributed by atoms with van der Waals surface area (Å²) >= 11 is 0. The molecule has 0 fully saturated rings. The quantitative estimate of drug-likeness (QED) is 0.426. The second kappa shape index (κ2) is 9.57. The summed E-state index contributed by atoms with van der Waals surface area (Å²) in [7, 11) is 6.59. The Morgan fingerprint density at radius 3 is 2.33 bits per heavy atom. The van der Waals surface area contributed by atoms with E-state index in [1.165, 1.54) is 22.1 Å². The van der Waals surface area contributed by atoms with E-state index in [1.807, 2.05) is 0 Å². The van der Waals surface area contributed by atoms with Crippen LogP contribution in [0.25, 0.3) is 0 Å². The molecule has 0 saturated carbocycles. The Balaban J connectivity index is 2.56. The summed E-state index contributed by atoms with van der Waals surface area (Å²) in [5.41, 5.74) is 5.07. The molecular formula is C23H34NO2P. The molecule has 148 valence electrons. The Hall–Kier alpha value is -1.57. The molecular weight excluding hydrogens is 353 g/mol. The lowest BCUT2D eigenvalue weighted by molar-refractivity contribution is 0.0494. The molecule has 2 aromatic carbocycles. The molecule has 0 radical (unpaired) electrons. The molecule has 4 heteroatoms. The molecule has 2 aromatic rings. The van der Waals surface area contributed by atoms with Gasteiger partial charge in [-0.05, 0) is 49.2 Å². The highest BCUT2D eigenvalue weighted by Gasteiger charge is 2.33. The zero-order valence-electron chi connectivity index (χ0n) is 17.8. The Morgan fingerprint density at radius 1 is 1.04 bits per heavy atom. The number of ether oxygens (including phenoxy) is 2. The van der Waals surface area contributed by atoms with E-state index >= 15 is 0 Å². The molecule has 0 amide bonds. The third-order valence-corrected chi connectivity index (χ3v) is 7.41. The van der Waals surface area contributed by atoms with Gasteiger partial charge in [-0.15, -0.1) is 0 Å².